The SMILES string of the molecule is CNC(CN1CCCC1=O)c1ccc2c(c1)OCCCO2. The summed E-state index contributed by atoms with van der Waals surface area (Å²) >= 11 is 0. The smallest absolute Gasteiger partial charge is 0.222 e. The highest BCUT2D eigenvalue weighted by Crippen LogP contribution is 2.32. The van der Waals surface area contributed by atoms with Gasteiger partial charge in [0, 0.05) is 32.0 Å². The molecule has 5 heteroatoms. The van der Waals surface area contributed by atoms with Gasteiger partial charge in [-0.1, -0.05) is 6.07 Å². The number of nitrogens with zero attached hydrogens (tertiary/aromatic N) is 1. The van der Waals surface area contributed by atoms with Crippen molar-refractivity contribution in [2.24, 2.45) is 0 Å². The van der Waals surface area contributed by atoms with E-state index in [0.717, 1.165) is 36.4 Å². The minimum atomic E-state index is 0.115. The average Bonchev–Trinajstić information content (AvgIpc) is 2.76. The zero-order valence-electron chi connectivity index (χ0n) is 12.4. The summed E-state index contributed by atoms with van der Waals surface area (Å²) in [7, 11) is 1.92. The fourth-order valence-corrected chi connectivity index (χ4v) is 2.88. The lowest BCUT2D eigenvalue weighted by atomic mass is 10.1. The Bertz CT molecular complexity index is 518. The lowest BCUT2D eigenvalue weighted by Gasteiger charge is -2.24. The quantitative estimate of drug-likeness (QED) is 0.917. The van der Waals surface area contributed by atoms with Gasteiger partial charge in [0.15, 0.2) is 11.5 Å². The fraction of sp³-hybridized carbons (Fsp3) is 0.562. The van der Waals surface area contributed by atoms with Gasteiger partial charge in [-0.2, -0.15) is 0 Å². The van der Waals surface area contributed by atoms with Gasteiger partial charge < -0.3 is 19.7 Å². The summed E-state index contributed by atoms with van der Waals surface area (Å²) in [5.41, 5.74) is 1.13. The molecule has 1 unspecified atom stereocenters. The Morgan fingerprint density at radius 3 is 2.76 bits per heavy atom. The zero-order chi connectivity index (χ0) is 14.7. The van der Waals surface area contributed by atoms with Crippen molar-refractivity contribution in [3.63, 3.8) is 0 Å². The number of hydrogen-bond donors (Lipinski definition) is 1. The summed E-state index contributed by atoms with van der Waals surface area (Å²) in [6.45, 7) is 2.95. The second-order valence-corrected chi connectivity index (χ2v) is 5.54. The highest BCUT2D eigenvalue weighted by Gasteiger charge is 2.24. The number of benzene rings is 1. The number of amides is 1. The molecule has 114 valence electrons. The number of ether oxygens (including phenoxy) is 2. The summed E-state index contributed by atoms with van der Waals surface area (Å²) in [4.78, 5) is 13.7. The van der Waals surface area contributed by atoms with Crippen LogP contribution in [0.2, 0.25) is 0 Å². The molecule has 0 bridgehead atoms. The van der Waals surface area contributed by atoms with E-state index in [0.29, 0.717) is 26.2 Å². The Morgan fingerprint density at radius 1 is 1.24 bits per heavy atom. The lowest BCUT2D eigenvalue weighted by Crippen LogP contribution is -2.34. The molecule has 1 aromatic rings. The lowest BCUT2D eigenvalue weighted by molar-refractivity contribution is -0.128. The van der Waals surface area contributed by atoms with Gasteiger partial charge in [-0.15, -0.1) is 0 Å². The van der Waals surface area contributed by atoms with Gasteiger partial charge in [-0.05, 0) is 31.2 Å². The van der Waals surface area contributed by atoms with E-state index in [2.05, 4.69) is 11.4 Å². The largest absolute Gasteiger partial charge is 0.490 e. The molecule has 2 heterocycles. The van der Waals surface area contributed by atoms with E-state index in [-0.39, 0.29) is 11.9 Å². The molecule has 2 aliphatic heterocycles. The molecule has 5 nitrogen and oxygen atoms in total. The minimum absolute atomic E-state index is 0.115. The second kappa shape index (κ2) is 6.35. The van der Waals surface area contributed by atoms with Crippen LogP contribution in [0.3, 0.4) is 0 Å². The number of rotatable bonds is 4. The number of nitrogens with one attached hydrogen (secondary N) is 1. The summed E-state index contributed by atoms with van der Waals surface area (Å²) in [6.07, 6.45) is 2.55. The molecule has 0 saturated carbocycles. The molecular formula is C16H22N2O3. The van der Waals surface area contributed by atoms with Crippen molar-refractivity contribution in [1.29, 1.82) is 0 Å². The Labute approximate surface area is 125 Å². The molecule has 21 heavy (non-hydrogen) atoms. The number of hydrogen-bond acceptors (Lipinski definition) is 4. The maximum atomic E-state index is 11.8. The van der Waals surface area contributed by atoms with Crippen LogP contribution in [0, 0.1) is 0 Å². The van der Waals surface area contributed by atoms with Crippen molar-refractivity contribution in [2.75, 3.05) is 33.4 Å². The van der Waals surface area contributed by atoms with Crippen molar-refractivity contribution in [2.45, 2.75) is 25.3 Å². The molecule has 1 fully saturated rings. The third-order valence-electron chi connectivity index (χ3n) is 4.10. The Kier molecular flexibility index (Phi) is 4.29. The Hall–Kier alpha value is -1.75. The summed E-state index contributed by atoms with van der Waals surface area (Å²) in [5.74, 6) is 1.87. The normalized spacial score (nSPS) is 19.5. The minimum Gasteiger partial charge on any atom is -0.490 e. The van der Waals surface area contributed by atoms with E-state index in [1.807, 2.05) is 24.1 Å². The van der Waals surface area contributed by atoms with Crippen molar-refractivity contribution in [3.8, 4) is 11.5 Å². The maximum Gasteiger partial charge on any atom is 0.222 e. The molecule has 0 aromatic heterocycles. The molecule has 1 atom stereocenters. The van der Waals surface area contributed by atoms with Gasteiger partial charge in [0.25, 0.3) is 0 Å². The number of carbonyl (C=O) groups excluding carboxylic acids is 1. The van der Waals surface area contributed by atoms with E-state index in [4.69, 9.17) is 9.47 Å². The first-order valence-electron chi connectivity index (χ1n) is 7.62. The fourth-order valence-electron chi connectivity index (χ4n) is 2.88. The molecule has 0 radical (unpaired) electrons. The van der Waals surface area contributed by atoms with Crippen LogP contribution in [-0.2, 0) is 4.79 Å². The van der Waals surface area contributed by atoms with Gasteiger partial charge in [0.05, 0.1) is 13.2 Å². The monoisotopic (exact) mass is 290 g/mol. The first-order chi connectivity index (χ1) is 10.3. The van der Waals surface area contributed by atoms with E-state index in [9.17, 15) is 4.79 Å². The van der Waals surface area contributed by atoms with Gasteiger partial charge in [-0.25, -0.2) is 0 Å². The predicted molar refractivity (Wildman–Crippen MR) is 79.7 cm³/mol. The molecule has 1 saturated heterocycles. The van der Waals surface area contributed by atoms with Crippen molar-refractivity contribution < 1.29 is 14.3 Å². The van der Waals surface area contributed by atoms with Crippen LogP contribution < -0.4 is 14.8 Å². The molecule has 1 amide bonds. The van der Waals surface area contributed by atoms with Crippen LogP contribution in [0.15, 0.2) is 18.2 Å². The Balaban J connectivity index is 1.77. The average molecular weight is 290 g/mol. The number of carbonyl (C=O) groups is 1. The van der Waals surface area contributed by atoms with Crippen LogP contribution in [-0.4, -0.2) is 44.2 Å². The maximum absolute atomic E-state index is 11.8. The summed E-state index contributed by atoms with van der Waals surface area (Å²) in [5, 5.41) is 3.30. The van der Waals surface area contributed by atoms with Gasteiger partial charge in [0.2, 0.25) is 5.91 Å². The molecule has 0 aliphatic carbocycles. The van der Waals surface area contributed by atoms with Crippen molar-refractivity contribution in [3.05, 3.63) is 23.8 Å². The van der Waals surface area contributed by atoms with Crippen LogP contribution in [0.1, 0.15) is 30.9 Å². The topological polar surface area (TPSA) is 50.8 Å². The van der Waals surface area contributed by atoms with E-state index >= 15 is 0 Å². The summed E-state index contributed by atoms with van der Waals surface area (Å²) in [6, 6.07) is 6.16. The molecule has 1 N–H and O–H groups in total. The van der Waals surface area contributed by atoms with Crippen molar-refractivity contribution in [1.82, 2.24) is 10.2 Å². The van der Waals surface area contributed by atoms with E-state index in [1.165, 1.54) is 0 Å². The third-order valence-corrected chi connectivity index (χ3v) is 4.10. The highest BCUT2D eigenvalue weighted by molar-refractivity contribution is 5.78. The molecule has 3 rings (SSSR count). The van der Waals surface area contributed by atoms with Gasteiger partial charge >= 0.3 is 0 Å². The first-order valence-corrected chi connectivity index (χ1v) is 7.62. The second-order valence-electron chi connectivity index (χ2n) is 5.54. The molecule has 2 aliphatic rings. The molecule has 1 aromatic carbocycles. The Morgan fingerprint density at radius 2 is 2.05 bits per heavy atom. The van der Waals surface area contributed by atoms with Crippen molar-refractivity contribution >= 4 is 5.91 Å². The van der Waals surface area contributed by atoms with Gasteiger partial charge in [0.1, 0.15) is 0 Å². The standard InChI is InChI=1S/C16H22N2O3/c1-17-13(11-18-7-2-4-16(18)19)12-5-6-14-15(10-12)21-9-3-8-20-14/h5-6,10,13,17H,2-4,7-9,11H2,1H3. The molecular weight excluding hydrogens is 268 g/mol. The number of fused-ring (bicyclic) bond motifs is 1. The highest BCUT2D eigenvalue weighted by atomic mass is 16.5. The van der Waals surface area contributed by atoms with E-state index in [1.54, 1.807) is 0 Å². The zero-order valence-corrected chi connectivity index (χ0v) is 12.4. The van der Waals surface area contributed by atoms with Crippen LogP contribution in [0.5, 0.6) is 11.5 Å². The van der Waals surface area contributed by atoms with E-state index < -0.39 is 0 Å². The molecule has 0 spiro atoms. The number of likely N-dealkylation sites (tertiary alicyclic amines) is 1. The first kappa shape index (κ1) is 14.2. The summed E-state index contributed by atoms with van der Waals surface area (Å²) < 4.78 is 11.4. The van der Waals surface area contributed by atoms with Gasteiger partial charge in [-0.3, -0.25) is 4.79 Å². The number of likely N-dealkylation sites (N-methyl/N-ethyl adjacent to an activating group) is 1. The van der Waals surface area contributed by atoms with Crippen LogP contribution in [0.25, 0.3) is 0 Å². The third kappa shape index (κ3) is 3.13. The van der Waals surface area contributed by atoms with Crippen LogP contribution >= 0.6 is 0 Å². The predicted octanol–water partition coefficient (Wildman–Crippen LogP) is 1.73. The van der Waals surface area contributed by atoms with Crippen LogP contribution in [0.4, 0.5) is 0 Å².